The van der Waals surface area contributed by atoms with Crippen molar-refractivity contribution in [3.63, 3.8) is 0 Å². The second kappa shape index (κ2) is 6.83. The summed E-state index contributed by atoms with van der Waals surface area (Å²) in [6.45, 7) is 1.26. The first-order valence-electron chi connectivity index (χ1n) is 8.13. The molecule has 0 radical (unpaired) electrons. The number of hydrogen-bond acceptors (Lipinski definition) is 5. The van der Waals surface area contributed by atoms with Crippen molar-refractivity contribution in [2.75, 3.05) is 11.4 Å². The fourth-order valence-corrected chi connectivity index (χ4v) is 4.26. The van der Waals surface area contributed by atoms with Gasteiger partial charge in [-0.2, -0.15) is 0 Å². The van der Waals surface area contributed by atoms with Gasteiger partial charge in [0, 0.05) is 28.9 Å². The molecule has 0 saturated heterocycles. The third-order valence-corrected chi connectivity index (χ3v) is 5.94. The van der Waals surface area contributed by atoms with Crippen LogP contribution in [0.15, 0.2) is 51.9 Å². The Morgan fingerprint density at radius 1 is 1.15 bits per heavy atom. The van der Waals surface area contributed by atoms with Crippen LogP contribution in [0.1, 0.15) is 11.3 Å². The molecular weight excluding hydrogens is 409 g/mol. The van der Waals surface area contributed by atoms with Crippen LogP contribution in [0.2, 0.25) is 10.0 Å². The zero-order chi connectivity index (χ0) is 19.2. The molecule has 0 atom stereocenters. The van der Waals surface area contributed by atoms with Crippen molar-refractivity contribution >= 4 is 38.9 Å². The monoisotopic (exact) mass is 423 g/mol. The van der Waals surface area contributed by atoms with E-state index < -0.39 is 10.0 Å². The highest BCUT2D eigenvalue weighted by Crippen LogP contribution is 2.33. The number of nitrogens with zero attached hydrogens (tertiary/aromatic N) is 2. The van der Waals surface area contributed by atoms with Crippen LogP contribution >= 0.6 is 23.2 Å². The van der Waals surface area contributed by atoms with Gasteiger partial charge in [-0.05, 0) is 48.4 Å². The Morgan fingerprint density at radius 3 is 2.70 bits per heavy atom. The van der Waals surface area contributed by atoms with E-state index >= 15 is 0 Å². The number of benzene rings is 2. The van der Waals surface area contributed by atoms with Crippen LogP contribution in [-0.4, -0.2) is 20.1 Å². The summed E-state index contributed by atoms with van der Waals surface area (Å²) in [6, 6.07) is 12.0. The third-order valence-electron chi connectivity index (χ3n) is 4.48. The highest BCUT2D eigenvalue weighted by Gasteiger charge is 2.23. The van der Waals surface area contributed by atoms with Gasteiger partial charge in [0.1, 0.15) is 5.69 Å². The fraction of sp³-hybridized carbons (Fsp3) is 0.167. The van der Waals surface area contributed by atoms with Crippen molar-refractivity contribution in [1.29, 1.82) is 0 Å². The van der Waals surface area contributed by atoms with Crippen LogP contribution in [0.3, 0.4) is 0 Å². The Morgan fingerprint density at radius 2 is 1.96 bits per heavy atom. The topological polar surface area (TPSA) is 89.4 Å². The molecule has 0 saturated carbocycles. The molecule has 3 aromatic rings. The van der Waals surface area contributed by atoms with Crippen molar-refractivity contribution in [2.45, 2.75) is 17.9 Å². The number of primary sulfonamides is 1. The number of hydrogen-bond donors (Lipinski definition) is 1. The zero-order valence-electron chi connectivity index (χ0n) is 14.0. The average molecular weight is 424 g/mol. The predicted octanol–water partition coefficient (Wildman–Crippen LogP) is 3.86. The molecule has 1 aliphatic heterocycles. The molecule has 0 bridgehead atoms. The van der Waals surface area contributed by atoms with E-state index in [0.717, 1.165) is 29.8 Å². The molecule has 1 aromatic heterocycles. The van der Waals surface area contributed by atoms with Crippen molar-refractivity contribution in [3.05, 3.63) is 63.8 Å². The number of rotatable bonds is 4. The number of sulfonamides is 1. The van der Waals surface area contributed by atoms with Crippen molar-refractivity contribution in [1.82, 2.24) is 5.16 Å². The predicted molar refractivity (Wildman–Crippen MR) is 105 cm³/mol. The highest BCUT2D eigenvalue weighted by atomic mass is 35.5. The van der Waals surface area contributed by atoms with Gasteiger partial charge in [-0.25, -0.2) is 13.6 Å². The smallest absolute Gasteiger partial charge is 0.238 e. The molecule has 140 valence electrons. The van der Waals surface area contributed by atoms with E-state index in [2.05, 4.69) is 10.1 Å². The van der Waals surface area contributed by atoms with Crippen molar-refractivity contribution < 1.29 is 12.9 Å². The Kier molecular flexibility index (Phi) is 4.63. The van der Waals surface area contributed by atoms with E-state index in [0.29, 0.717) is 28.0 Å². The summed E-state index contributed by atoms with van der Waals surface area (Å²) in [6.07, 6.45) is 0.739. The Bertz CT molecular complexity index is 1130. The first-order valence-corrected chi connectivity index (χ1v) is 10.4. The van der Waals surface area contributed by atoms with Gasteiger partial charge in [0.25, 0.3) is 0 Å². The lowest BCUT2D eigenvalue weighted by Gasteiger charge is -2.17. The van der Waals surface area contributed by atoms with E-state index in [1.54, 1.807) is 30.3 Å². The Balaban J connectivity index is 1.56. The Labute approximate surface area is 166 Å². The normalized spacial score (nSPS) is 13.8. The summed E-state index contributed by atoms with van der Waals surface area (Å²) in [7, 11) is -3.70. The van der Waals surface area contributed by atoms with Crippen LogP contribution in [0.25, 0.3) is 11.3 Å². The maximum absolute atomic E-state index is 11.5. The van der Waals surface area contributed by atoms with Crippen molar-refractivity contribution in [3.8, 4) is 11.3 Å². The van der Waals surface area contributed by atoms with E-state index in [1.165, 1.54) is 6.07 Å². The summed E-state index contributed by atoms with van der Waals surface area (Å²) >= 11 is 12.2. The first kappa shape index (κ1) is 18.3. The lowest BCUT2D eigenvalue weighted by atomic mass is 10.1. The molecule has 0 aliphatic carbocycles. The number of aromatic nitrogens is 1. The summed E-state index contributed by atoms with van der Waals surface area (Å²) in [5.41, 5.74) is 3.29. The standard InChI is InChI=1S/C18H15Cl2N3O3S/c19-12-1-3-15(16(20)8-12)17-9-13(26-22-17)10-23-6-5-11-7-14(27(21,24)25)2-4-18(11)23/h1-4,7-9H,5-6,10H2,(H2,21,24,25). The maximum atomic E-state index is 11.5. The first-order chi connectivity index (χ1) is 12.8. The minimum Gasteiger partial charge on any atom is -0.363 e. The molecule has 9 heteroatoms. The van der Waals surface area contributed by atoms with E-state index in [9.17, 15) is 8.42 Å². The second-order valence-corrected chi connectivity index (χ2v) is 8.71. The molecule has 2 N–H and O–H groups in total. The van der Waals surface area contributed by atoms with E-state index in [1.807, 2.05) is 6.07 Å². The van der Waals surface area contributed by atoms with E-state index in [4.69, 9.17) is 32.9 Å². The molecule has 0 unspecified atom stereocenters. The quantitative estimate of drug-likeness (QED) is 0.687. The van der Waals surface area contributed by atoms with Crippen LogP contribution in [0, 0.1) is 0 Å². The molecule has 0 spiro atoms. The molecule has 0 amide bonds. The minimum atomic E-state index is -3.70. The number of anilines is 1. The number of nitrogens with two attached hydrogens (primary N) is 1. The summed E-state index contributed by atoms with van der Waals surface area (Å²) < 4.78 is 28.5. The SMILES string of the molecule is NS(=O)(=O)c1ccc2c(c1)CCN2Cc1cc(-c2ccc(Cl)cc2Cl)no1. The van der Waals surface area contributed by atoms with Gasteiger partial charge >= 0.3 is 0 Å². The molecule has 4 rings (SSSR count). The van der Waals surface area contributed by atoms with Crippen LogP contribution in [0.5, 0.6) is 0 Å². The van der Waals surface area contributed by atoms with Crippen molar-refractivity contribution in [2.24, 2.45) is 5.14 Å². The van der Waals surface area contributed by atoms with Gasteiger partial charge in [0.15, 0.2) is 5.76 Å². The van der Waals surface area contributed by atoms with Gasteiger partial charge in [-0.15, -0.1) is 0 Å². The van der Waals surface area contributed by atoms with Gasteiger partial charge in [-0.1, -0.05) is 28.4 Å². The molecular formula is C18H15Cl2N3O3S. The maximum Gasteiger partial charge on any atom is 0.238 e. The van der Waals surface area contributed by atoms with Crippen LogP contribution in [0.4, 0.5) is 5.69 Å². The average Bonchev–Trinajstić information content (AvgIpc) is 3.21. The molecule has 1 aliphatic rings. The van der Waals surface area contributed by atoms with Crippen LogP contribution < -0.4 is 10.0 Å². The minimum absolute atomic E-state index is 0.127. The molecule has 2 heterocycles. The third kappa shape index (κ3) is 3.68. The number of fused-ring (bicyclic) bond motifs is 1. The fourth-order valence-electron chi connectivity index (χ4n) is 3.19. The van der Waals surface area contributed by atoms with E-state index in [-0.39, 0.29) is 4.90 Å². The Hall–Kier alpha value is -2.06. The number of halogens is 2. The zero-order valence-corrected chi connectivity index (χ0v) is 16.4. The van der Waals surface area contributed by atoms with Crippen LogP contribution in [-0.2, 0) is 23.0 Å². The molecule has 0 fully saturated rings. The largest absolute Gasteiger partial charge is 0.363 e. The summed E-state index contributed by atoms with van der Waals surface area (Å²) in [5, 5.41) is 10.4. The molecule has 6 nitrogen and oxygen atoms in total. The summed E-state index contributed by atoms with van der Waals surface area (Å²) in [4.78, 5) is 2.23. The highest BCUT2D eigenvalue weighted by molar-refractivity contribution is 7.89. The summed E-state index contributed by atoms with van der Waals surface area (Å²) in [5.74, 6) is 0.680. The van der Waals surface area contributed by atoms with Gasteiger partial charge in [0.05, 0.1) is 16.5 Å². The molecule has 27 heavy (non-hydrogen) atoms. The van der Waals surface area contributed by atoms with Gasteiger partial charge in [0.2, 0.25) is 10.0 Å². The second-order valence-electron chi connectivity index (χ2n) is 6.31. The lowest BCUT2D eigenvalue weighted by Crippen LogP contribution is -2.19. The molecule has 2 aromatic carbocycles. The lowest BCUT2D eigenvalue weighted by molar-refractivity contribution is 0.384. The van der Waals surface area contributed by atoms with Gasteiger partial charge < -0.3 is 9.42 Å². The van der Waals surface area contributed by atoms with Gasteiger partial charge in [-0.3, -0.25) is 0 Å².